The maximum atomic E-state index is 2.36. The standard InChI is InChI=1S/C28H27P/c1-20-9-5-13-24(17-20)28-23(4)12-8-16-27(28)29(25-14-6-10-21(2)18-25)26-15-7-11-22(3)19-26/h5-19H,1-4H3. The molecule has 0 heterocycles. The normalized spacial score (nSPS) is 11.1. The van der Waals surface area contributed by atoms with Crippen LogP contribution >= 0.6 is 7.92 Å². The second-order valence-corrected chi connectivity index (χ2v) is 10.0. The summed E-state index contributed by atoms with van der Waals surface area (Å²) >= 11 is 0. The van der Waals surface area contributed by atoms with Crippen LogP contribution in [0.25, 0.3) is 11.1 Å². The minimum absolute atomic E-state index is 0.649. The third kappa shape index (κ3) is 4.19. The topological polar surface area (TPSA) is 0 Å². The molecule has 29 heavy (non-hydrogen) atoms. The number of aryl methyl sites for hydroxylation is 4. The molecule has 4 aromatic carbocycles. The van der Waals surface area contributed by atoms with Crippen LogP contribution in [0, 0.1) is 27.7 Å². The van der Waals surface area contributed by atoms with Crippen LogP contribution in [0.1, 0.15) is 22.3 Å². The minimum Gasteiger partial charge on any atom is -0.0614 e. The fraction of sp³-hybridized carbons (Fsp3) is 0.143. The van der Waals surface area contributed by atoms with Crippen molar-refractivity contribution in [2.24, 2.45) is 0 Å². The Morgan fingerprint density at radius 3 is 1.59 bits per heavy atom. The number of benzene rings is 4. The molecular formula is C28H27P. The van der Waals surface area contributed by atoms with Crippen molar-refractivity contribution in [1.29, 1.82) is 0 Å². The summed E-state index contributed by atoms with van der Waals surface area (Å²) in [5.41, 5.74) is 7.95. The summed E-state index contributed by atoms with van der Waals surface area (Å²) in [6.07, 6.45) is 0. The maximum Gasteiger partial charge on any atom is -0.00699 e. The Hall–Kier alpha value is -2.69. The molecule has 4 aromatic rings. The highest BCUT2D eigenvalue weighted by Crippen LogP contribution is 2.38. The van der Waals surface area contributed by atoms with Crippen molar-refractivity contribution in [3.8, 4) is 11.1 Å². The van der Waals surface area contributed by atoms with Gasteiger partial charge in [-0.3, -0.25) is 0 Å². The second-order valence-electron chi connectivity index (χ2n) is 7.85. The zero-order valence-corrected chi connectivity index (χ0v) is 18.5. The van der Waals surface area contributed by atoms with Gasteiger partial charge in [0.2, 0.25) is 0 Å². The Kier molecular flexibility index (Phi) is 5.65. The first-order chi connectivity index (χ1) is 14.0. The highest BCUT2D eigenvalue weighted by Gasteiger charge is 2.21. The molecule has 4 rings (SSSR count). The fourth-order valence-corrected chi connectivity index (χ4v) is 6.73. The lowest BCUT2D eigenvalue weighted by Gasteiger charge is -2.24. The second kappa shape index (κ2) is 8.36. The highest BCUT2D eigenvalue weighted by molar-refractivity contribution is 7.80. The molecule has 0 aliphatic carbocycles. The van der Waals surface area contributed by atoms with E-state index in [2.05, 4.69) is 119 Å². The maximum absolute atomic E-state index is 2.36. The Labute approximate surface area is 176 Å². The van der Waals surface area contributed by atoms with E-state index >= 15 is 0 Å². The Bertz CT molecular complexity index is 1110. The van der Waals surface area contributed by atoms with Gasteiger partial charge in [-0.1, -0.05) is 108 Å². The molecule has 0 aromatic heterocycles. The Morgan fingerprint density at radius 2 is 1.03 bits per heavy atom. The molecule has 0 bridgehead atoms. The van der Waals surface area contributed by atoms with Gasteiger partial charge in [0.15, 0.2) is 0 Å². The largest absolute Gasteiger partial charge is 0.0614 e. The first-order valence-corrected chi connectivity index (χ1v) is 11.5. The zero-order chi connectivity index (χ0) is 20.4. The predicted molar refractivity (Wildman–Crippen MR) is 130 cm³/mol. The van der Waals surface area contributed by atoms with Gasteiger partial charge in [0.1, 0.15) is 0 Å². The Morgan fingerprint density at radius 1 is 0.517 bits per heavy atom. The van der Waals surface area contributed by atoms with Crippen molar-refractivity contribution in [3.05, 3.63) is 113 Å². The monoisotopic (exact) mass is 394 g/mol. The van der Waals surface area contributed by atoms with Gasteiger partial charge >= 0.3 is 0 Å². The van der Waals surface area contributed by atoms with Crippen molar-refractivity contribution in [1.82, 2.24) is 0 Å². The predicted octanol–water partition coefficient (Wildman–Crippen LogP) is 6.35. The summed E-state index contributed by atoms with van der Waals surface area (Å²) in [5, 5.41) is 4.25. The third-order valence-corrected chi connectivity index (χ3v) is 7.76. The molecule has 0 nitrogen and oxygen atoms in total. The quantitative estimate of drug-likeness (QED) is 0.354. The average molecular weight is 394 g/mol. The summed E-state index contributed by atoms with van der Waals surface area (Å²) in [6.45, 7) is 8.78. The smallest absolute Gasteiger partial charge is 0.00699 e. The minimum atomic E-state index is -0.649. The van der Waals surface area contributed by atoms with E-state index in [1.54, 1.807) is 0 Å². The first-order valence-electron chi connectivity index (χ1n) is 10.1. The fourth-order valence-electron chi connectivity index (χ4n) is 3.98. The average Bonchev–Trinajstić information content (AvgIpc) is 2.68. The van der Waals surface area contributed by atoms with Crippen LogP contribution < -0.4 is 15.9 Å². The van der Waals surface area contributed by atoms with E-state index in [1.807, 2.05) is 0 Å². The van der Waals surface area contributed by atoms with Crippen molar-refractivity contribution in [2.75, 3.05) is 0 Å². The van der Waals surface area contributed by atoms with E-state index in [4.69, 9.17) is 0 Å². The van der Waals surface area contributed by atoms with Gasteiger partial charge in [-0.05, 0) is 68.2 Å². The third-order valence-electron chi connectivity index (χ3n) is 5.32. The molecule has 0 N–H and O–H groups in total. The molecular weight excluding hydrogens is 367 g/mol. The number of hydrogen-bond acceptors (Lipinski definition) is 0. The van der Waals surface area contributed by atoms with Crippen molar-refractivity contribution < 1.29 is 0 Å². The molecule has 0 atom stereocenters. The van der Waals surface area contributed by atoms with Crippen molar-refractivity contribution in [2.45, 2.75) is 27.7 Å². The molecule has 0 saturated heterocycles. The van der Waals surface area contributed by atoms with Crippen LogP contribution in [0.5, 0.6) is 0 Å². The first kappa shape index (κ1) is 19.6. The van der Waals surface area contributed by atoms with Crippen LogP contribution in [0.2, 0.25) is 0 Å². The van der Waals surface area contributed by atoms with Crippen molar-refractivity contribution in [3.63, 3.8) is 0 Å². The molecule has 144 valence electrons. The van der Waals surface area contributed by atoms with Gasteiger partial charge in [0.05, 0.1) is 0 Å². The van der Waals surface area contributed by atoms with Gasteiger partial charge in [0.25, 0.3) is 0 Å². The van der Waals surface area contributed by atoms with E-state index < -0.39 is 7.92 Å². The molecule has 0 saturated carbocycles. The molecule has 0 aliphatic rings. The van der Waals surface area contributed by atoms with Gasteiger partial charge in [0, 0.05) is 0 Å². The SMILES string of the molecule is Cc1cccc(-c2c(C)cccc2P(c2cccc(C)c2)c2cccc(C)c2)c1. The zero-order valence-electron chi connectivity index (χ0n) is 17.6. The van der Waals surface area contributed by atoms with Crippen LogP contribution in [-0.4, -0.2) is 0 Å². The van der Waals surface area contributed by atoms with Gasteiger partial charge in [-0.2, -0.15) is 0 Å². The summed E-state index contributed by atoms with van der Waals surface area (Å²) in [4.78, 5) is 0. The van der Waals surface area contributed by atoms with Gasteiger partial charge < -0.3 is 0 Å². The molecule has 1 heteroatoms. The molecule has 0 unspecified atom stereocenters. The lowest BCUT2D eigenvalue weighted by molar-refractivity contribution is 1.44. The lowest BCUT2D eigenvalue weighted by Crippen LogP contribution is -2.23. The van der Waals surface area contributed by atoms with E-state index in [0.29, 0.717) is 0 Å². The van der Waals surface area contributed by atoms with Gasteiger partial charge in [-0.15, -0.1) is 0 Å². The van der Waals surface area contributed by atoms with E-state index in [1.165, 1.54) is 49.3 Å². The molecule has 0 amide bonds. The Balaban J connectivity index is 2.01. The van der Waals surface area contributed by atoms with Crippen LogP contribution in [0.4, 0.5) is 0 Å². The molecule has 0 aliphatic heterocycles. The summed E-state index contributed by atoms with van der Waals surface area (Å²) in [6, 6.07) is 33.7. The number of hydrogen-bond donors (Lipinski definition) is 0. The number of rotatable bonds is 4. The van der Waals surface area contributed by atoms with Gasteiger partial charge in [-0.25, -0.2) is 0 Å². The highest BCUT2D eigenvalue weighted by atomic mass is 31.1. The van der Waals surface area contributed by atoms with E-state index in [-0.39, 0.29) is 0 Å². The van der Waals surface area contributed by atoms with Crippen LogP contribution in [0.15, 0.2) is 91.0 Å². The molecule has 0 spiro atoms. The molecule has 0 radical (unpaired) electrons. The summed E-state index contributed by atoms with van der Waals surface area (Å²) < 4.78 is 0. The van der Waals surface area contributed by atoms with Crippen LogP contribution in [0.3, 0.4) is 0 Å². The molecule has 0 fully saturated rings. The lowest BCUT2D eigenvalue weighted by atomic mass is 9.99. The van der Waals surface area contributed by atoms with E-state index in [0.717, 1.165) is 0 Å². The van der Waals surface area contributed by atoms with Crippen molar-refractivity contribution >= 4 is 23.8 Å². The van der Waals surface area contributed by atoms with Crippen LogP contribution in [-0.2, 0) is 0 Å². The summed E-state index contributed by atoms with van der Waals surface area (Å²) in [5.74, 6) is 0. The summed E-state index contributed by atoms with van der Waals surface area (Å²) in [7, 11) is -0.649. The van der Waals surface area contributed by atoms with E-state index in [9.17, 15) is 0 Å².